The molecular weight excluding hydrogens is 321 g/mol. The second kappa shape index (κ2) is 7.74. The van der Waals surface area contributed by atoms with Gasteiger partial charge in [0.2, 0.25) is 0 Å². The van der Waals surface area contributed by atoms with E-state index in [9.17, 15) is 4.39 Å². The number of hydrogen-bond acceptors (Lipinski definition) is 3. The Morgan fingerprint density at radius 1 is 1.04 bits per heavy atom. The van der Waals surface area contributed by atoms with E-state index in [1.54, 1.807) is 6.07 Å². The smallest absolute Gasteiger partial charge is 0.165 e. The fraction of sp³-hybridized carbons (Fsp3) is 0.400. The summed E-state index contributed by atoms with van der Waals surface area (Å²) in [6.45, 7) is 6.08. The van der Waals surface area contributed by atoms with E-state index in [0.717, 1.165) is 30.0 Å². The average molecular weight is 346 g/mol. The molecule has 2 N–H and O–H groups in total. The predicted molar refractivity (Wildman–Crippen MR) is 94.1 cm³/mol. The summed E-state index contributed by atoms with van der Waals surface area (Å²) in [5, 5.41) is 2.27. The zero-order valence-electron chi connectivity index (χ0n) is 15.0. The average Bonchev–Trinajstić information content (AvgIpc) is 2.63. The van der Waals surface area contributed by atoms with Gasteiger partial charge in [-0.1, -0.05) is 0 Å². The van der Waals surface area contributed by atoms with Crippen LogP contribution >= 0.6 is 0 Å². The number of methoxy groups -OCH3 is 1. The Morgan fingerprint density at radius 3 is 2.44 bits per heavy atom. The first kappa shape index (κ1) is 17.5. The van der Waals surface area contributed by atoms with Gasteiger partial charge in [-0.05, 0) is 49.7 Å². The molecular formula is C20H25FNO3+. The van der Waals surface area contributed by atoms with Gasteiger partial charge in [-0.2, -0.15) is 0 Å². The highest BCUT2D eigenvalue weighted by atomic mass is 19.1. The normalized spacial score (nSPS) is 16.2. The van der Waals surface area contributed by atoms with Crippen molar-refractivity contribution in [1.82, 2.24) is 0 Å². The Balaban J connectivity index is 2.04. The topological polar surface area (TPSA) is 44.3 Å². The van der Waals surface area contributed by atoms with Gasteiger partial charge in [0.15, 0.2) is 23.1 Å². The van der Waals surface area contributed by atoms with Gasteiger partial charge >= 0.3 is 0 Å². The summed E-state index contributed by atoms with van der Waals surface area (Å²) >= 11 is 0. The summed E-state index contributed by atoms with van der Waals surface area (Å²) < 4.78 is 30.4. The van der Waals surface area contributed by atoms with E-state index in [-0.39, 0.29) is 17.6 Å². The molecule has 0 saturated heterocycles. The first-order valence-electron chi connectivity index (χ1n) is 8.77. The molecule has 2 aromatic rings. The summed E-state index contributed by atoms with van der Waals surface area (Å²) in [6.07, 6.45) is 0.969. The number of rotatable bonds is 6. The summed E-state index contributed by atoms with van der Waals surface area (Å²) in [4.78, 5) is 0. The highest BCUT2D eigenvalue weighted by Crippen LogP contribution is 2.36. The SMILES string of the molecule is CCOc1cc2c(cc1OCC)[C@@H](c1ccc(F)c(OC)c1)[NH2+]CC2. The number of benzene rings is 2. The Hall–Kier alpha value is -2.27. The quantitative estimate of drug-likeness (QED) is 0.875. The maximum atomic E-state index is 13.8. The van der Waals surface area contributed by atoms with Crippen molar-refractivity contribution in [2.45, 2.75) is 26.3 Å². The van der Waals surface area contributed by atoms with Gasteiger partial charge < -0.3 is 19.5 Å². The first-order chi connectivity index (χ1) is 12.2. The summed E-state index contributed by atoms with van der Waals surface area (Å²) in [6, 6.07) is 9.32. The predicted octanol–water partition coefficient (Wildman–Crippen LogP) is 2.84. The Morgan fingerprint density at radius 2 is 1.76 bits per heavy atom. The van der Waals surface area contributed by atoms with Gasteiger partial charge in [-0.25, -0.2) is 4.39 Å². The number of halogens is 1. The van der Waals surface area contributed by atoms with E-state index >= 15 is 0 Å². The fourth-order valence-electron chi connectivity index (χ4n) is 3.38. The van der Waals surface area contributed by atoms with Crippen LogP contribution in [-0.2, 0) is 6.42 Å². The van der Waals surface area contributed by atoms with Crippen LogP contribution in [0.2, 0.25) is 0 Å². The minimum atomic E-state index is -0.344. The molecule has 0 bridgehead atoms. The molecule has 134 valence electrons. The van der Waals surface area contributed by atoms with E-state index in [1.807, 2.05) is 19.9 Å². The van der Waals surface area contributed by atoms with Crippen LogP contribution in [0.3, 0.4) is 0 Å². The van der Waals surface area contributed by atoms with Crippen molar-refractivity contribution in [2.75, 3.05) is 26.9 Å². The van der Waals surface area contributed by atoms with Gasteiger partial charge in [0.1, 0.15) is 6.04 Å². The molecule has 3 rings (SSSR count). The van der Waals surface area contributed by atoms with Crippen LogP contribution in [0, 0.1) is 5.82 Å². The Labute approximate surface area is 147 Å². The molecule has 0 spiro atoms. The third-order valence-corrected chi connectivity index (χ3v) is 4.49. The third kappa shape index (κ3) is 3.56. The van der Waals surface area contributed by atoms with Crippen molar-refractivity contribution in [3.05, 3.63) is 52.8 Å². The van der Waals surface area contributed by atoms with Gasteiger partial charge in [0.05, 0.1) is 26.9 Å². The van der Waals surface area contributed by atoms with Crippen LogP contribution in [0.1, 0.15) is 36.6 Å². The maximum Gasteiger partial charge on any atom is 0.165 e. The van der Waals surface area contributed by atoms with E-state index < -0.39 is 0 Å². The maximum absolute atomic E-state index is 13.8. The molecule has 5 heteroatoms. The van der Waals surface area contributed by atoms with E-state index in [4.69, 9.17) is 14.2 Å². The van der Waals surface area contributed by atoms with Crippen LogP contribution in [-0.4, -0.2) is 26.9 Å². The molecule has 0 radical (unpaired) electrons. The van der Waals surface area contributed by atoms with Crippen LogP contribution in [0.15, 0.2) is 30.3 Å². The fourth-order valence-corrected chi connectivity index (χ4v) is 3.38. The van der Waals surface area contributed by atoms with Crippen LogP contribution < -0.4 is 19.5 Å². The molecule has 0 aromatic heterocycles. The molecule has 0 amide bonds. The van der Waals surface area contributed by atoms with Crippen molar-refractivity contribution in [3.63, 3.8) is 0 Å². The molecule has 25 heavy (non-hydrogen) atoms. The molecule has 0 saturated carbocycles. The number of hydrogen-bond donors (Lipinski definition) is 1. The molecule has 1 aliphatic heterocycles. The van der Waals surface area contributed by atoms with Gasteiger partial charge in [0.25, 0.3) is 0 Å². The van der Waals surface area contributed by atoms with Gasteiger partial charge in [-0.3, -0.25) is 0 Å². The van der Waals surface area contributed by atoms with Crippen molar-refractivity contribution < 1.29 is 23.9 Å². The Kier molecular flexibility index (Phi) is 5.43. The first-order valence-corrected chi connectivity index (χ1v) is 8.77. The molecule has 0 aliphatic carbocycles. The lowest BCUT2D eigenvalue weighted by Crippen LogP contribution is -2.87. The molecule has 0 unspecified atom stereocenters. The second-order valence-electron chi connectivity index (χ2n) is 6.01. The zero-order valence-corrected chi connectivity index (χ0v) is 15.0. The Bertz CT molecular complexity index is 748. The van der Waals surface area contributed by atoms with E-state index in [1.165, 1.54) is 24.3 Å². The molecule has 1 atom stereocenters. The minimum Gasteiger partial charge on any atom is -0.494 e. The van der Waals surface area contributed by atoms with E-state index in [2.05, 4.69) is 17.4 Å². The number of ether oxygens (including phenoxy) is 3. The van der Waals surface area contributed by atoms with E-state index in [0.29, 0.717) is 13.2 Å². The van der Waals surface area contributed by atoms with Crippen LogP contribution in [0.4, 0.5) is 4.39 Å². The van der Waals surface area contributed by atoms with Crippen molar-refractivity contribution >= 4 is 0 Å². The lowest BCUT2D eigenvalue weighted by atomic mass is 9.89. The van der Waals surface area contributed by atoms with Gasteiger partial charge in [0, 0.05) is 17.5 Å². The number of fused-ring (bicyclic) bond motifs is 1. The van der Waals surface area contributed by atoms with Crippen LogP contribution in [0.5, 0.6) is 17.2 Å². The molecule has 2 aromatic carbocycles. The van der Waals surface area contributed by atoms with Crippen LogP contribution in [0.25, 0.3) is 0 Å². The highest BCUT2D eigenvalue weighted by molar-refractivity contribution is 5.51. The standard InChI is InChI=1S/C20H24FNO3/c1-4-24-18-10-13-8-9-22-20(15(13)12-19(18)25-5-2)14-6-7-16(21)17(11-14)23-3/h6-7,10-12,20,22H,4-5,8-9H2,1-3H3/p+1/t20-/m1/s1. The zero-order chi connectivity index (χ0) is 17.8. The molecule has 4 nitrogen and oxygen atoms in total. The lowest BCUT2D eigenvalue weighted by Gasteiger charge is -2.26. The van der Waals surface area contributed by atoms with Crippen molar-refractivity contribution in [3.8, 4) is 17.2 Å². The van der Waals surface area contributed by atoms with Crippen molar-refractivity contribution in [2.24, 2.45) is 0 Å². The molecule has 0 fully saturated rings. The molecule has 1 heterocycles. The summed E-state index contributed by atoms with van der Waals surface area (Å²) in [5.74, 6) is 1.48. The third-order valence-electron chi connectivity index (χ3n) is 4.49. The highest BCUT2D eigenvalue weighted by Gasteiger charge is 2.28. The number of quaternary nitrogens is 1. The molecule has 1 aliphatic rings. The second-order valence-corrected chi connectivity index (χ2v) is 6.01. The monoisotopic (exact) mass is 346 g/mol. The summed E-state index contributed by atoms with van der Waals surface area (Å²) in [7, 11) is 1.49. The largest absolute Gasteiger partial charge is 0.494 e. The minimum absolute atomic E-state index is 0.0909. The van der Waals surface area contributed by atoms with Crippen molar-refractivity contribution in [1.29, 1.82) is 0 Å². The number of nitrogens with two attached hydrogens (primary N) is 1. The lowest BCUT2D eigenvalue weighted by molar-refractivity contribution is -0.690. The van der Waals surface area contributed by atoms with Gasteiger partial charge in [-0.15, -0.1) is 0 Å². The summed E-state index contributed by atoms with van der Waals surface area (Å²) in [5.41, 5.74) is 3.46.